The van der Waals surface area contributed by atoms with Gasteiger partial charge in [-0.3, -0.25) is 4.57 Å². The van der Waals surface area contributed by atoms with Gasteiger partial charge in [0, 0.05) is 0 Å². The Bertz CT molecular complexity index is 775. The summed E-state index contributed by atoms with van der Waals surface area (Å²) in [5.74, 6) is 0.125. The first-order valence-electron chi connectivity index (χ1n) is 6.39. The molecule has 0 amide bonds. The van der Waals surface area contributed by atoms with Crippen molar-refractivity contribution in [1.82, 2.24) is 19.5 Å². The van der Waals surface area contributed by atoms with E-state index in [1.807, 2.05) is 0 Å². The van der Waals surface area contributed by atoms with Crippen LogP contribution >= 0.6 is 7.82 Å². The van der Waals surface area contributed by atoms with E-state index in [-0.39, 0.29) is 81.6 Å². The third kappa shape index (κ3) is 5.43. The number of ether oxygens (including phenoxy) is 1. The van der Waals surface area contributed by atoms with Gasteiger partial charge in [0.1, 0.15) is 30.2 Å². The third-order valence-corrected chi connectivity index (χ3v) is 3.86. The number of fused-ring (bicyclic) bond motifs is 1. The molecule has 2 aromatic rings. The summed E-state index contributed by atoms with van der Waals surface area (Å²) in [5.41, 5.74) is 6.19. The summed E-state index contributed by atoms with van der Waals surface area (Å²) in [7, 11) is -5.22. The maximum atomic E-state index is 10.5. The molecule has 1 aliphatic rings. The Balaban J connectivity index is 0.00000208. The molecule has 26 heavy (non-hydrogen) atoms. The van der Waals surface area contributed by atoms with Crippen molar-refractivity contribution < 1.29 is 98.4 Å². The number of aliphatic hydroxyl groups excluding tert-OH is 2. The Kier molecular flexibility index (Phi) is 10.3. The third-order valence-electron chi connectivity index (χ3n) is 3.40. The molecule has 0 spiro atoms. The molecule has 4 atom stereocenters. The Morgan fingerprint density at radius 1 is 1.27 bits per heavy atom. The second-order valence-electron chi connectivity index (χ2n) is 4.87. The van der Waals surface area contributed by atoms with Crippen LogP contribution in [0.5, 0.6) is 0 Å². The smallest absolute Gasteiger partial charge is 0.790 e. The zero-order chi connectivity index (χ0) is 16.8. The van der Waals surface area contributed by atoms with Crippen molar-refractivity contribution in [3.63, 3.8) is 0 Å². The number of nitrogen functional groups attached to an aromatic ring is 1. The van der Waals surface area contributed by atoms with Crippen LogP contribution in [0.3, 0.4) is 0 Å². The van der Waals surface area contributed by atoms with Crippen molar-refractivity contribution in [2.45, 2.75) is 24.5 Å². The summed E-state index contributed by atoms with van der Waals surface area (Å²) >= 11 is 0. The summed E-state index contributed by atoms with van der Waals surface area (Å²) < 4.78 is 21.3. The van der Waals surface area contributed by atoms with Crippen molar-refractivity contribution in [2.24, 2.45) is 0 Å². The monoisotopic (exact) mass is 409 g/mol. The number of aliphatic hydroxyl groups is 2. The van der Waals surface area contributed by atoms with Crippen LogP contribution in [0.15, 0.2) is 12.7 Å². The largest absolute Gasteiger partial charge is 1.00 e. The number of hydrogen-bond acceptors (Lipinski definition) is 11. The quantitative estimate of drug-likeness (QED) is 0.317. The maximum absolute atomic E-state index is 10.5. The predicted molar refractivity (Wildman–Crippen MR) is 72.8 cm³/mol. The van der Waals surface area contributed by atoms with E-state index in [1.54, 1.807) is 0 Å². The van der Waals surface area contributed by atoms with Crippen LogP contribution in [-0.4, -0.2) is 60.1 Å². The number of phosphoric ester groups is 1. The number of phosphoric acid groups is 1. The molecule has 1 saturated heterocycles. The van der Waals surface area contributed by atoms with Crippen LogP contribution in [0.25, 0.3) is 11.2 Å². The number of aromatic nitrogens is 4. The minimum atomic E-state index is -5.22. The molecule has 13 nitrogen and oxygen atoms in total. The fraction of sp³-hybridized carbons (Fsp3) is 0.500. The van der Waals surface area contributed by atoms with Gasteiger partial charge in [0.25, 0.3) is 0 Å². The molecule has 16 heteroatoms. The first-order valence-corrected chi connectivity index (χ1v) is 7.85. The van der Waals surface area contributed by atoms with E-state index in [4.69, 9.17) is 10.5 Å². The summed E-state index contributed by atoms with van der Waals surface area (Å²) in [6, 6.07) is 0. The van der Waals surface area contributed by atoms with Crippen molar-refractivity contribution in [3.8, 4) is 0 Å². The molecule has 134 valence electrons. The Labute approximate surface area is 191 Å². The molecule has 0 bridgehead atoms. The molecule has 2 aromatic heterocycles. The Morgan fingerprint density at radius 3 is 2.54 bits per heavy atom. The number of rotatable bonds is 4. The molecular formula is C10H14N5Na2O8P. The van der Waals surface area contributed by atoms with Gasteiger partial charge in [-0.2, -0.15) is 0 Å². The topological polar surface area (TPSA) is 223 Å². The zero-order valence-corrected chi connectivity index (χ0v) is 18.8. The van der Waals surface area contributed by atoms with Crippen LogP contribution in [0.1, 0.15) is 6.23 Å². The first kappa shape index (κ1) is 26.3. The number of hydrogen-bond donors (Lipinski definition) is 3. The molecular weight excluding hydrogens is 395 g/mol. The van der Waals surface area contributed by atoms with Crippen LogP contribution in [0, 0.1) is 0 Å². The van der Waals surface area contributed by atoms with Gasteiger partial charge in [-0.05, 0) is 0 Å². The normalized spacial score (nSPS) is 25.2. The van der Waals surface area contributed by atoms with E-state index in [0.29, 0.717) is 0 Å². The van der Waals surface area contributed by atoms with E-state index < -0.39 is 39.0 Å². The fourth-order valence-corrected chi connectivity index (χ4v) is 2.65. The molecule has 3 rings (SSSR count). The van der Waals surface area contributed by atoms with Crippen LogP contribution < -0.4 is 74.6 Å². The average molecular weight is 409 g/mol. The Hall–Kier alpha value is 0.300. The van der Waals surface area contributed by atoms with E-state index >= 15 is 0 Å². The summed E-state index contributed by atoms with van der Waals surface area (Å²) in [5, 5.41) is 20.0. The van der Waals surface area contributed by atoms with Crippen molar-refractivity contribution >= 4 is 24.8 Å². The fourth-order valence-electron chi connectivity index (χ4n) is 2.32. The van der Waals surface area contributed by atoms with E-state index in [1.165, 1.54) is 17.2 Å². The second kappa shape index (κ2) is 10.2. The van der Waals surface area contributed by atoms with Gasteiger partial charge in [-0.15, -0.1) is 0 Å². The van der Waals surface area contributed by atoms with Gasteiger partial charge in [0.2, 0.25) is 0 Å². The average Bonchev–Trinajstić information content (AvgIpc) is 3.01. The number of nitrogens with two attached hydrogens (primary N) is 1. The summed E-state index contributed by atoms with van der Waals surface area (Å²) in [6.07, 6.45) is -2.75. The van der Waals surface area contributed by atoms with Crippen LogP contribution in [0.2, 0.25) is 0 Å². The molecule has 3 heterocycles. The van der Waals surface area contributed by atoms with Crippen molar-refractivity contribution in [3.05, 3.63) is 12.7 Å². The molecule has 1 aliphatic heterocycles. The van der Waals surface area contributed by atoms with Crippen molar-refractivity contribution in [1.29, 1.82) is 0 Å². The second-order valence-corrected chi connectivity index (χ2v) is 6.02. The van der Waals surface area contributed by atoms with Crippen LogP contribution in [-0.2, 0) is 13.8 Å². The minimum absolute atomic E-state index is 0. The zero-order valence-electron chi connectivity index (χ0n) is 13.9. The van der Waals surface area contributed by atoms with Gasteiger partial charge in [0.05, 0.1) is 20.8 Å². The summed E-state index contributed by atoms with van der Waals surface area (Å²) in [4.78, 5) is 32.8. The molecule has 6 N–H and O–H groups in total. The SMILES string of the molecule is Nc1ncnc2c1ncn2[C@@H]1O[C@H](COP(=O)([O-])[O-])[C@@H](O)[C@H]1O.O.[Na+].[Na+]. The Morgan fingerprint density at radius 2 is 1.92 bits per heavy atom. The van der Waals surface area contributed by atoms with Gasteiger partial charge in [-0.25, -0.2) is 15.0 Å². The maximum Gasteiger partial charge on any atom is 1.00 e. The molecule has 0 aliphatic carbocycles. The van der Waals surface area contributed by atoms with Crippen molar-refractivity contribution in [2.75, 3.05) is 12.3 Å². The first-order chi connectivity index (χ1) is 10.8. The molecule has 0 unspecified atom stereocenters. The number of nitrogens with zero attached hydrogens (tertiary/aromatic N) is 4. The molecule has 1 fully saturated rings. The van der Waals surface area contributed by atoms with Gasteiger partial charge < -0.3 is 45.0 Å². The van der Waals surface area contributed by atoms with E-state index in [0.717, 1.165) is 0 Å². The van der Waals surface area contributed by atoms with Gasteiger partial charge in [0.15, 0.2) is 17.7 Å². The van der Waals surface area contributed by atoms with Gasteiger partial charge in [-0.1, -0.05) is 0 Å². The molecule has 0 saturated carbocycles. The number of imidazole rings is 1. The minimum Gasteiger partial charge on any atom is -0.790 e. The van der Waals surface area contributed by atoms with Gasteiger partial charge >= 0.3 is 59.1 Å². The predicted octanol–water partition coefficient (Wildman–Crippen LogP) is -9.94. The summed E-state index contributed by atoms with van der Waals surface area (Å²) in [6.45, 7) is -0.719. The molecule has 0 radical (unpaired) electrons. The standard InChI is InChI=1S/C10H14N5O7P.2Na.H2O/c11-8-5-9(13-2-12-8)15(3-14-5)10-7(17)6(16)4(22-10)1-21-23(18,19)20;;;/h2-4,6-7,10,16-17H,1H2,(H2,11,12,13)(H2,18,19,20);;;1H2/q;2*+1;/p-2/t4-,6-,7-,10-;;;/m1.../s1. The number of anilines is 1. The van der Waals surface area contributed by atoms with E-state index in [2.05, 4.69) is 19.5 Å². The molecule has 0 aromatic carbocycles. The van der Waals surface area contributed by atoms with E-state index in [9.17, 15) is 24.6 Å². The van der Waals surface area contributed by atoms with Crippen LogP contribution in [0.4, 0.5) is 5.82 Å².